The first-order valence-electron chi connectivity index (χ1n) is 11.0. The van der Waals surface area contributed by atoms with Gasteiger partial charge in [0.15, 0.2) is 0 Å². The van der Waals surface area contributed by atoms with Gasteiger partial charge in [-0.3, -0.25) is 9.69 Å². The molecule has 0 saturated carbocycles. The van der Waals surface area contributed by atoms with Gasteiger partial charge in [-0.25, -0.2) is 0 Å². The number of rotatable bonds is 11. The molecule has 0 unspecified atom stereocenters. The van der Waals surface area contributed by atoms with Crippen LogP contribution in [0, 0.1) is 5.92 Å². The van der Waals surface area contributed by atoms with E-state index in [4.69, 9.17) is 14.2 Å². The van der Waals surface area contributed by atoms with Gasteiger partial charge in [0.2, 0.25) is 0 Å². The molecular formula is C25H33NO4. The molecule has 2 aromatic carbocycles. The summed E-state index contributed by atoms with van der Waals surface area (Å²) in [5.41, 5.74) is 1.34. The maximum absolute atomic E-state index is 11.8. The third kappa shape index (κ3) is 7.38. The second-order valence-corrected chi connectivity index (χ2v) is 7.63. The molecule has 1 saturated heterocycles. The minimum Gasteiger partial charge on any atom is -0.494 e. The average molecular weight is 412 g/mol. The first-order valence-corrected chi connectivity index (χ1v) is 11.0. The molecule has 0 N–H and O–H groups in total. The number of esters is 1. The Morgan fingerprint density at radius 2 is 1.57 bits per heavy atom. The molecule has 5 nitrogen and oxygen atoms in total. The third-order valence-electron chi connectivity index (χ3n) is 5.43. The zero-order valence-corrected chi connectivity index (χ0v) is 17.9. The highest BCUT2D eigenvalue weighted by Gasteiger charge is 2.25. The van der Waals surface area contributed by atoms with E-state index >= 15 is 0 Å². The third-order valence-corrected chi connectivity index (χ3v) is 5.43. The molecule has 0 aromatic heterocycles. The van der Waals surface area contributed by atoms with Crippen LogP contribution in [0.1, 0.15) is 31.7 Å². The van der Waals surface area contributed by atoms with Gasteiger partial charge in [-0.1, -0.05) is 30.3 Å². The summed E-state index contributed by atoms with van der Waals surface area (Å²) >= 11 is 0. The van der Waals surface area contributed by atoms with E-state index in [1.54, 1.807) is 0 Å². The lowest BCUT2D eigenvalue weighted by Gasteiger charge is -2.30. The first-order chi connectivity index (χ1) is 14.7. The monoisotopic (exact) mass is 411 g/mol. The zero-order valence-electron chi connectivity index (χ0n) is 17.9. The Kier molecular flexibility index (Phi) is 9.04. The molecule has 0 atom stereocenters. The van der Waals surface area contributed by atoms with Crippen molar-refractivity contribution in [3.63, 3.8) is 0 Å². The Morgan fingerprint density at radius 1 is 0.933 bits per heavy atom. The van der Waals surface area contributed by atoms with Crippen molar-refractivity contribution < 1.29 is 19.0 Å². The fourth-order valence-corrected chi connectivity index (χ4v) is 3.69. The van der Waals surface area contributed by atoms with Crippen molar-refractivity contribution in [2.45, 2.75) is 32.6 Å². The predicted octanol–water partition coefficient (Wildman–Crippen LogP) is 4.35. The lowest BCUT2D eigenvalue weighted by atomic mass is 9.97. The number of piperidine rings is 1. The fourth-order valence-electron chi connectivity index (χ4n) is 3.69. The van der Waals surface area contributed by atoms with Gasteiger partial charge in [-0.05, 0) is 75.5 Å². The van der Waals surface area contributed by atoms with Gasteiger partial charge in [-0.2, -0.15) is 0 Å². The van der Waals surface area contributed by atoms with Crippen LogP contribution in [0.15, 0.2) is 54.6 Å². The average Bonchev–Trinajstić information content (AvgIpc) is 2.79. The highest BCUT2D eigenvalue weighted by Crippen LogP contribution is 2.20. The van der Waals surface area contributed by atoms with Crippen molar-refractivity contribution in [2.24, 2.45) is 5.92 Å². The van der Waals surface area contributed by atoms with Crippen LogP contribution in [0.2, 0.25) is 0 Å². The Morgan fingerprint density at radius 3 is 2.20 bits per heavy atom. The van der Waals surface area contributed by atoms with E-state index in [1.807, 2.05) is 37.3 Å². The topological polar surface area (TPSA) is 48.0 Å². The number of hydrogen-bond donors (Lipinski definition) is 0. The number of nitrogens with zero attached hydrogens (tertiary/aromatic N) is 1. The molecule has 2 aromatic rings. The van der Waals surface area contributed by atoms with Gasteiger partial charge < -0.3 is 14.2 Å². The molecule has 0 radical (unpaired) electrons. The molecule has 0 amide bonds. The predicted molar refractivity (Wildman–Crippen MR) is 118 cm³/mol. The maximum atomic E-state index is 11.8. The molecule has 1 aliphatic rings. The van der Waals surface area contributed by atoms with E-state index in [-0.39, 0.29) is 11.9 Å². The van der Waals surface area contributed by atoms with E-state index in [1.165, 1.54) is 5.56 Å². The quantitative estimate of drug-likeness (QED) is 0.406. The molecule has 5 heteroatoms. The molecule has 1 heterocycles. The minimum atomic E-state index is -0.0456. The molecule has 30 heavy (non-hydrogen) atoms. The van der Waals surface area contributed by atoms with Crippen molar-refractivity contribution in [2.75, 3.05) is 39.5 Å². The van der Waals surface area contributed by atoms with Gasteiger partial charge in [0.25, 0.3) is 0 Å². The standard InChI is InChI=1S/C25H33NO4/c1-2-28-25(27)22-14-16-26(17-15-22)18-20-30-24-12-10-23(11-13-24)29-19-6-9-21-7-4-3-5-8-21/h3-5,7-8,10-13,22H,2,6,9,14-20H2,1H3. The summed E-state index contributed by atoms with van der Waals surface area (Å²) < 4.78 is 16.8. The summed E-state index contributed by atoms with van der Waals surface area (Å²) in [6.07, 6.45) is 3.76. The van der Waals surface area contributed by atoms with Gasteiger partial charge in [-0.15, -0.1) is 0 Å². The van der Waals surface area contributed by atoms with E-state index in [2.05, 4.69) is 29.2 Å². The van der Waals surface area contributed by atoms with Gasteiger partial charge in [0, 0.05) is 6.54 Å². The molecule has 0 spiro atoms. The van der Waals surface area contributed by atoms with E-state index in [0.717, 1.165) is 56.8 Å². The summed E-state index contributed by atoms with van der Waals surface area (Å²) in [7, 11) is 0. The number of benzene rings is 2. The van der Waals surface area contributed by atoms with Crippen LogP contribution in [-0.4, -0.2) is 50.3 Å². The molecule has 1 fully saturated rings. The molecule has 0 bridgehead atoms. The van der Waals surface area contributed by atoms with Crippen LogP contribution in [0.5, 0.6) is 11.5 Å². The largest absolute Gasteiger partial charge is 0.494 e. The number of likely N-dealkylation sites (tertiary alicyclic amines) is 1. The first kappa shape index (κ1) is 22.2. The number of aryl methyl sites for hydroxylation is 1. The fraction of sp³-hybridized carbons (Fsp3) is 0.480. The van der Waals surface area contributed by atoms with E-state index in [0.29, 0.717) is 19.8 Å². The van der Waals surface area contributed by atoms with E-state index < -0.39 is 0 Å². The van der Waals surface area contributed by atoms with Crippen LogP contribution in [-0.2, 0) is 16.0 Å². The smallest absolute Gasteiger partial charge is 0.309 e. The van der Waals surface area contributed by atoms with E-state index in [9.17, 15) is 4.79 Å². The molecule has 3 rings (SSSR count). The summed E-state index contributed by atoms with van der Waals surface area (Å²) in [6, 6.07) is 18.3. The highest BCUT2D eigenvalue weighted by molar-refractivity contribution is 5.72. The van der Waals surface area contributed by atoms with Crippen LogP contribution < -0.4 is 9.47 Å². The van der Waals surface area contributed by atoms with Crippen molar-refractivity contribution in [3.8, 4) is 11.5 Å². The molecular weight excluding hydrogens is 378 g/mol. The van der Waals surface area contributed by atoms with Crippen LogP contribution >= 0.6 is 0 Å². The van der Waals surface area contributed by atoms with Crippen LogP contribution in [0.25, 0.3) is 0 Å². The van der Waals surface area contributed by atoms with Gasteiger partial charge >= 0.3 is 5.97 Å². The number of hydrogen-bond acceptors (Lipinski definition) is 5. The molecule has 1 aliphatic heterocycles. The molecule has 162 valence electrons. The summed E-state index contributed by atoms with van der Waals surface area (Å²) in [5, 5.41) is 0. The van der Waals surface area contributed by atoms with Crippen molar-refractivity contribution in [1.29, 1.82) is 0 Å². The Hall–Kier alpha value is -2.53. The van der Waals surface area contributed by atoms with Gasteiger partial charge in [0.1, 0.15) is 18.1 Å². The highest BCUT2D eigenvalue weighted by atomic mass is 16.5. The van der Waals surface area contributed by atoms with Gasteiger partial charge in [0.05, 0.1) is 19.1 Å². The lowest BCUT2D eigenvalue weighted by Crippen LogP contribution is -2.39. The Bertz CT molecular complexity index is 740. The number of carbonyl (C=O) groups is 1. The molecule has 0 aliphatic carbocycles. The Balaban J connectivity index is 1.28. The summed E-state index contributed by atoms with van der Waals surface area (Å²) in [4.78, 5) is 14.2. The van der Waals surface area contributed by atoms with Crippen molar-refractivity contribution in [1.82, 2.24) is 4.90 Å². The lowest BCUT2D eigenvalue weighted by molar-refractivity contribution is -0.149. The number of ether oxygens (including phenoxy) is 3. The minimum absolute atomic E-state index is 0.0456. The second kappa shape index (κ2) is 12.2. The number of carbonyl (C=O) groups excluding carboxylic acids is 1. The van der Waals surface area contributed by atoms with Crippen LogP contribution in [0.4, 0.5) is 0 Å². The second-order valence-electron chi connectivity index (χ2n) is 7.63. The Labute approximate surface area is 179 Å². The van der Waals surface area contributed by atoms with Crippen LogP contribution in [0.3, 0.4) is 0 Å². The summed E-state index contributed by atoms with van der Waals surface area (Å²) in [6.45, 7) is 6.37. The summed E-state index contributed by atoms with van der Waals surface area (Å²) in [5.74, 6) is 1.74. The van der Waals surface area contributed by atoms with Crippen molar-refractivity contribution >= 4 is 5.97 Å². The zero-order chi connectivity index (χ0) is 21.0. The maximum Gasteiger partial charge on any atom is 0.309 e. The normalized spacial score (nSPS) is 15.0. The SMILES string of the molecule is CCOC(=O)C1CCN(CCOc2ccc(OCCCc3ccccc3)cc2)CC1. The van der Waals surface area contributed by atoms with Crippen molar-refractivity contribution in [3.05, 3.63) is 60.2 Å².